The van der Waals surface area contributed by atoms with Crippen molar-refractivity contribution in [2.24, 2.45) is 5.73 Å². The normalized spacial score (nSPS) is 13.1. The molecule has 0 amide bonds. The standard InChI is InChI=1S/C9H15BrN2OS/c1-13-8(3-11)4-12-5-9-2-7(10)6-14-9/h2,6,8,12H,3-5,11H2,1H3. The van der Waals surface area contributed by atoms with Crippen molar-refractivity contribution in [3.63, 3.8) is 0 Å². The Bertz CT molecular complexity index is 263. The van der Waals surface area contributed by atoms with Gasteiger partial charge in [0.25, 0.3) is 0 Å². The third kappa shape index (κ3) is 4.06. The van der Waals surface area contributed by atoms with Crippen LogP contribution in [0, 0.1) is 0 Å². The maximum atomic E-state index is 5.50. The van der Waals surface area contributed by atoms with Crippen molar-refractivity contribution in [2.75, 3.05) is 20.2 Å². The van der Waals surface area contributed by atoms with Crippen molar-refractivity contribution in [3.05, 3.63) is 20.8 Å². The van der Waals surface area contributed by atoms with Gasteiger partial charge in [-0.1, -0.05) is 0 Å². The Kier molecular flexibility index (Phi) is 5.66. The van der Waals surface area contributed by atoms with Crippen LogP contribution >= 0.6 is 27.3 Å². The van der Waals surface area contributed by atoms with E-state index in [1.807, 2.05) is 0 Å². The highest BCUT2D eigenvalue weighted by Crippen LogP contribution is 2.19. The van der Waals surface area contributed by atoms with Crippen molar-refractivity contribution < 1.29 is 4.74 Å². The lowest BCUT2D eigenvalue weighted by Gasteiger charge is -2.12. The Morgan fingerprint density at radius 3 is 3.00 bits per heavy atom. The first-order chi connectivity index (χ1) is 6.76. The summed E-state index contributed by atoms with van der Waals surface area (Å²) in [5, 5.41) is 5.38. The highest BCUT2D eigenvalue weighted by molar-refractivity contribution is 9.10. The molecule has 0 saturated heterocycles. The summed E-state index contributed by atoms with van der Waals surface area (Å²) >= 11 is 5.15. The number of halogens is 1. The monoisotopic (exact) mass is 278 g/mol. The van der Waals surface area contributed by atoms with Gasteiger partial charge in [-0.05, 0) is 22.0 Å². The second kappa shape index (κ2) is 6.53. The summed E-state index contributed by atoms with van der Waals surface area (Å²) in [4.78, 5) is 1.31. The van der Waals surface area contributed by atoms with E-state index in [2.05, 4.69) is 32.7 Å². The lowest BCUT2D eigenvalue weighted by atomic mass is 10.3. The molecule has 1 aromatic heterocycles. The summed E-state index contributed by atoms with van der Waals surface area (Å²) in [6.07, 6.45) is 0.110. The lowest BCUT2D eigenvalue weighted by molar-refractivity contribution is 0.108. The van der Waals surface area contributed by atoms with Gasteiger partial charge in [0.05, 0.1) is 6.10 Å². The summed E-state index contributed by atoms with van der Waals surface area (Å²) in [6.45, 7) is 2.22. The molecule has 5 heteroatoms. The molecule has 80 valence electrons. The van der Waals surface area contributed by atoms with Crippen LogP contribution in [0.2, 0.25) is 0 Å². The summed E-state index contributed by atoms with van der Waals surface area (Å²) in [5.74, 6) is 0. The Hall–Kier alpha value is 0.0600. The summed E-state index contributed by atoms with van der Waals surface area (Å²) in [5.41, 5.74) is 5.50. The van der Waals surface area contributed by atoms with Gasteiger partial charge in [0.1, 0.15) is 0 Å². The first-order valence-corrected chi connectivity index (χ1v) is 6.10. The zero-order valence-corrected chi connectivity index (χ0v) is 10.5. The van der Waals surface area contributed by atoms with Gasteiger partial charge in [-0.15, -0.1) is 11.3 Å². The molecule has 0 fully saturated rings. The number of hydrogen-bond donors (Lipinski definition) is 2. The highest BCUT2D eigenvalue weighted by atomic mass is 79.9. The van der Waals surface area contributed by atoms with E-state index in [1.54, 1.807) is 18.4 Å². The van der Waals surface area contributed by atoms with E-state index in [0.29, 0.717) is 6.54 Å². The number of nitrogens with one attached hydrogen (secondary N) is 1. The molecule has 0 aliphatic heterocycles. The molecule has 1 rings (SSSR count). The van der Waals surface area contributed by atoms with Crippen LogP contribution in [0.1, 0.15) is 4.88 Å². The number of methoxy groups -OCH3 is 1. The highest BCUT2D eigenvalue weighted by Gasteiger charge is 2.03. The molecule has 1 aromatic rings. The Balaban J connectivity index is 2.21. The molecule has 3 N–H and O–H groups in total. The first kappa shape index (κ1) is 12.1. The Labute approximate surface area is 96.8 Å². The molecule has 3 nitrogen and oxygen atoms in total. The van der Waals surface area contributed by atoms with Gasteiger partial charge in [-0.2, -0.15) is 0 Å². The summed E-state index contributed by atoms with van der Waals surface area (Å²) in [6, 6.07) is 2.11. The molecule has 0 radical (unpaired) electrons. The van der Waals surface area contributed by atoms with Gasteiger partial charge in [-0.25, -0.2) is 0 Å². The number of hydrogen-bond acceptors (Lipinski definition) is 4. The minimum absolute atomic E-state index is 0.110. The molecule has 14 heavy (non-hydrogen) atoms. The van der Waals surface area contributed by atoms with Crippen LogP contribution in [0.15, 0.2) is 15.9 Å². The van der Waals surface area contributed by atoms with Crippen LogP contribution in [0.4, 0.5) is 0 Å². The maximum absolute atomic E-state index is 5.50. The number of rotatable bonds is 6. The molecule has 0 saturated carbocycles. The Morgan fingerprint density at radius 1 is 1.71 bits per heavy atom. The van der Waals surface area contributed by atoms with Crippen molar-refractivity contribution in [1.82, 2.24) is 5.32 Å². The van der Waals surface area contributed by atoms with Gasteiger partial charge in [0.2, 0.25) is 0 Å². The molecule has 1 atom stereocenters. The van der Waals surface area contributed by atoms with Crippen LogP contribution in [0.5, 0.6) is 0 Å². The van der Waals surface area contributed by atoms with Crippen LogP contribution < -0.4 is 11.1 Å². The number of ether oxygens (including phenoxy) is 1. The van der Waals surface area contributed by atoms with Gasteiger partial charge in [-0.3, -0.25) is 0 Å². The lowest BCUT2D eigenvalue weighted by Crippen LogP contribution is -2.33. The molecular formula is C9H15BrN2OS. The van der Waals surface area contributed by atoms with E-state index >= 15 is 0 Å². The Morgan fingerprint density at radius 2 is 2.50 bits per heavy atom. The number of nitrogens with two attached hydrogens (primary N) is 1. The molecule has 0 spiro atoms. The minimum atomic E-state index is 0.110. The summed E-state index contributed by atoms with van der Waals surface area (Å²) in [7, 11) is 1.68. The van der Waals surface area contributed by atoms with Crippen molar-refractivity contribution in [2.45, 2.75) is 12.6 Å². The molecule has 0 aliphatic rings. The minimum Gasteiger partial charge on any atom is -0.379 e. The predicted octanol–water partition coefficient (Wildman–Crippen LogP) is 1.57. The largest absolute Gasteiger partial charge is 0.379 e. The van der Waals surface area contributed by atoms with Crippen molar-refractivity contribution in [3.8, 4) is 0 Å². The average molecular weight is 279 g/mol. The van der Waals surface area contributed by atoms with E-state index in [0.717, 1.165) is 17.6 Å². The average Bonchev–Trinajstić information content (AvgIpc) is 2.59. The smallest absolute Gasteiger partial charge is 0.0817 e. The maximum Gasteiger partial charge on any atom is 0.0817 e. The molecule has 1 unspecified atom stereocenters. The molecule has 0 aliphatic carbocycles. The van der Waals surface area contributed by atoms with Crippen LogP contribution in [-0.2, 0) is 11.3 Å². The van der Waals surface area contributed by atoms with E-state index in [9.17, 15) is 0 Å². The van der Waals surface area contributed by atoms with Crippen molar-refractivity contribution >= 4 is 27.3 Å². The van der Waals surface area contributed by atoms with Crippen LogP contribution in [0.25, 0.3) is 0 Å². The van der Waals surface area contributed by atoms with Crippen LogP contribution in [-0.4, -0.2) is 26.3 Å². The zero-order valence-electron chi connectivity index (χ0n) is 8.13. The van der Waals surface area contributed by atoms with Crippen molar-refractivity contribution in [1.29, 1.82) is 0 Å². The summed E-state index contributed by atoms with van der Waals surface area (Å²) < 4.78 is 6.29. The van der Waals surface area contributed by atoms with Gasteiger partial charge < -0.3 is 15.8 Å². The van der Waals surface area contributed by atoms with Gasteiger partial charge >= 0.3 is 0 Å². The second-order valence-electron chi connectivity index (χ2n) is 2.96. The van der Waals surface area contributed by atoms with E-state index in [-0.39, 0.29) is 6.10 Å². The topological polar surface area (TPSA) is 47.3 Å². The predicted molar refractivity (Wildman–Crippen MR) is 63.6 cm³/mol. The van der Waals surface area contributed by atoms with E-state index in [4.69, 9.17) is 10.5 Å². The quantitative estimate of drug-likeness (QED) is 0.831. The number of thiophene rings is 1. The fraction of sp³-hybridized carbons (Fsp3) is 0.556. The molecule has 0 aromatic carbocycles. The SMILES string of the molecule is COC(CN)CNCc1cc(Br)cs1. The first-order valence-electron chi connectivity index (χ1n) is 4.42. The zero-order chi connectivity index (χ0) is 10.4. The van der Waals surface area contributed by atoms with E-state index in [1.165, 1.54) is 4.88 Å². The third-order valence-electron chi connectivity index (χ3n) is 1.89. The van der Waals surface area contributed by atoms with Gasteiger partial charge in [0, 0.05) is 41.5 Å². The second-order valence-corrected chi connectivity index (χ2v) is 4.87. The fourth-order valence-corrected chi connectivity index (χ4v) is 2.49. The van der Waals surface area contributed by atoms with Crippen LogP contribution in [0.3, 0.4) is 0 Å². The fourth-order valence-electron chi connectivity index (χ4n) is 1.07. The molecule has 0 bridgehead atoms. The molecule has 1 heterocycles. The van der Waals surface area contributed by atoms with Gasteiger partial charge in [0.15, 0.2) is 0 Å². The third-order valence-corrected chi connectivity index (χ3v) is 3.59. The van der Waals surface area contributed by atoms with E-state index < -0.39 is 0 Å². The molecular weight excluding hydrogens is 264 g/mol.